The molecule has 1 N–H and O–H groups in total. The van der Waals surface area contributed by atoms with E-state index in [0.29, 0.717) is 21.7 Å². The Labute approximate surface area is 196 Å². The van der Waals surface area contributed by atoms with Gasteiger partial charge >= 0.3 is 5.69 Å². The van der Waals surface area contributed by atoms with Gasteiger partial charge in [-0.2, -0.15) is 0 Å². The van der Waals surface area contributed by atoms with Crippen molar-refractivity contribution >= 4 is 43.2 Å². The van der Waals surface area contributed by atoms with E-state index in [1.807, 2.05) is 43.3 Å². The predicted molar refractivity (Wildman–Crippen MR) is 130 cm³/mol. The molecule has 0 saturated carbocycles. The van der Waals surface area contributed by atoms with Crippen LogP contribution in [-0.4, -0.2) is 27.1 Å². The fourth-order valence-corrected chi connectivity index (χ4v) is 5.04. The largest absolute Gasteiger partial charge is 0.495 e. The number of hydrogen-bond donors (Lipinski definition) is 1. The van der Waals surface area contributed by atoms with Crippen molar-refractivity contribution in [2.24, 2.45) is 0 Å². The zero-order valence-corrected chi connectivity index (χ0v) is 19.2. The molecule has 0 aliphatic rings. The van der Waals surface area contributed by atoms with Crippen LogP contribution in [0.2, 0.25) is 0 Å². The van der Waals surface area contributed by atoms with Gasteiger partial charge in [-0.05, 0) is 30.7 Å². The molecule has 9 nitrogen and oxygen atoms in total. The number of anilines is 1. The number of methoxy groups -OCH3 is 1. The summed E-state index contributed by atoms with van der Waals surface area (Å²) in [6.07, 6.45) is 2.82. The fourth-order valence-electron chi connectivity index (χ4n) is 3.88. The number of carbonyl (C=O) groups excluding carboxylic acids is 1. The predicted octanol–water partition coefficient (Wildman–Crippen LogP) is 3.37. The molecule has 5 rings (SSSR count). The molecule has 172 valence electrons. The Balaban J connectivity index is 1.64. The summed E-state index contributed by atoms with van der Waals surface area (Å²) in [7, 11) is 1.52. The summed E-state index contributed by atoms with van der Waals surface area (Å²) in [5.74, 6) is 0.308. The normalized spacial score (nSPS) is 11.2. The number of carbonyl (C=O) groups is 1. The third kappa shape index (κ3) is 3.77. The quantitative estimate of drug-likeness (QED) is 0.403. The van der Waals surface area contributed by atoms with Crippen molar-refractivity contribution in [3.63, 3.8) is 0 Å². The van der Waals surface area contributed by atoms with E-state index in [-0.39, 0.29) is 19.0 Å². The highest BCUT2D eigenvalue weighted by Gasteiger charge is 2.21. The Morgan fingerprint density at radius 1 is 1.18 bits per heavy atom. The van der Waals surface area contributed by atoms with E-state index in [1.54, 1.807) is 6.07 Å². The zero-order valence-electron chi connectivity index (χ0n) is 18.4. The minimum absolute atomic E-state index is 0.137. The number of oxazole rings is 1. The lowest BCUT2D eigenvalue weighted by Crippen LogP contribution is -2.41. The van der Waals surface area contributed by atoms with Gasteiger partial charge in [0.05, 0.1) is 24.5 Å². The first-order valence-electron chi connectivity index (χ1n) is 10.4. The van der Waals surface area contributed by atoms with Crippen LogP contribution in [0.5, 0.6) is 5.75 Å². The molecule has 0 aliphatic heterocycles. The maximum absolute atomic E-state index is 13.5. The molecule has 0 bridgehead atoms. The summed E-state index contributed by atoms with van der Waals surface area (Å²) in [5.41, 5.74) is 0.841. The van der Waals surface area contributed by atoms with Crippen molar-refractivity contribution in [1.82, 2.24) is 14.1 Å². The smallest absolute Gasteiger partial charge is 0.332 e. The summed E-state index contributed by atoms with van der Waals surface area (Å²) >= 11 is 1.28. The maximum Gasteiger partial charge on any atom is 0.332 e. The van der Waals surface area contributed by atoms with Crippen LogP contribution >= 0.6 is 11.3 Å². The SMILES string of the molecule is COc1cc(C)ccc1NC(=O)Cn1c(=O)n(Cc2ncco2)c(=O)c2sc3ccccc3c21. The number of ether oxygens (including phenoxy) is 1. The van der Waals surface area contributed by atoms with Crippen molar-refractivity contribution in [3.8, 4) is 5.75 Å². The summed E-state index contributed by atoms with van der Waals surface area (Å²) in [5, 5.41) is 3.55. The number of aromatic nitrogens is 3. The molecule has 10 heteroatoms. The number of rotatable bonds is 6. The number of hydrogen-bond acceptors (Lipinski definition) is 7. The van der Waals surface area contributed by atoms with Crippen LogP contribution < -0.4 is 21.3 Å². The van der Waals surface area contributed by atoms with E-state index in [0.717, 1.165) is 20.2 Å². The molecule has 1 amide bonds. The zero-order chi connectivity index (χ0) is 23.8. The number of fused-ring (bicyclic) bond motifs is 3. The van der Waals surface area contributed by atoms with Gasteiger partial charge in [0.15, 0.2) is 0 Å². The molecular formula is C24H20N4O5S. The highest BCUT2D eigenvalue weighted by atomic mass is 32.1. The van der Waals surface area contributed by atoms with Crippen molar-refractivity contribution < 1.29 is 13.9 Å². The Kier molecular flexibility index (Phi) is 5.50. The minimum Gasteiger partial charge on any atom is -0.495 e. The van der Waals surface area contributed by atoms with Crippen molar-refractivity contribution in [3.05, 3.63) is 87.2 Å². The third-order valence-corrected chi connectivity index (χ3v) is 6.60. The van der Waals surface area contributed by atoms with Gasteiger partial charge < -0.3 is 14.5 Å². The second kappa shape index (κ2) is 8.64. The number of thiophene rings is 1. The second-order valence-corrected chi connectivity index (χ2v) is 8.77. The highest BCUT2D eigenvalue weighted by Crippen LogP contribution is 2.31. The third-order valence-electron chi connectivity index (χ3n) is 5.45. The lowest BCUT2D eigenvalue weighted by atomic mass is 10.2. The van der Waals surface area contributed by atoms with Crippen LogP contribution in [0.3, 0.4) is 0 Å². The van der Waals surface area contributed by atoms with Gasteiger partial charge in [-0.15, -0.1) is 11.3 Å². The first-order valence-corrected chi connectivity index (χ1v) is 11.3. The van der Waals surface area contributed by atoms with Crippen molar-refractivity contribution in [2.75, 3.05) is 12.4 Å². The van der Waals surface area contributed by atoms with Crippen LogP contribution in [-0.2, 0) is 17.9 Å². The van der Waals surface area contributed by atoms with Crippen LogP contribution in [0.1, 0.15) is 11.5 Å². The Bertz CT molecular complexity index is 1650. The fraction of sp³-hybridized carbons (Fsp3) is 0.167. The van der Waals surface area contributed by atoms with Gasteiger partial charge in [0, 0.05) is 10.1 Å². The summed E-state index contributed by atoms with van der Waals surface area (Å²) < 4.78 is 14.2. The molecule has 5 aromatic rings. The van der Waals surface area contributed by atoms with E-state index in [1.165, 1.54) is 35.5 Å². The molecule has 0 fully saturated rings. The van der Waals surface area contributed by atoms with Gasteiger partial charge in [-0.1, -0.05) is 24.3 Å². The first-order chi connectivity index (χ1) is 16.5. The molecular weight excluding hydrogens is 456 g/mol. The first kappa shape index (κ1) is 21.7. The van der Waals surface area contributed by atoms with Gasteiger partial charge in [-0.3, -0.25) is 14.2 Å². The second-order valence-electron chi connectivity index (χ2n) is 7.71. The number of amides is 1. The molecule has 0 unspecified atom stereocenters. The van der Waals surface area contributed by atoms with Gasteiger partial charge in [0.2, 0.25) is 11.8 Å². The molecule has 34 heavy (non-hydrogen) atoms. The Morgan fingerprint density at radius 2 is 2.00 bits per heavy atom. The lowest BCUT2D eigenvalue weighted by molar-refractivity contribution is -0.116. The molecule has 0 atom stereocenters. The summed E-state index contributed by atoms with van der Waals surface area (Å²) in [6.45, 7) is 1.49. The molecule has 0 spiro atoms. The Hall–Kier alpha value is -4.18. The number of aryl methyl sites for hydroxylation is 1. The van der Waals surface area contributed by atoms with Crippen LogP contribution in [0.25, 0.3) is 20.3 Å². The van der Waals surface area contributed by atoms with Gasteiger partial charge in [0.25, 0.3) is 5.56 Å². The molecule has 2 aromatic carbocycles. The molecule has 3 aromatic heterocycles. The van der Waals surface area contributed by atoms with Gasteiger partial charge in [0.1, 0.15) is 29.8 Å². The average Bonchev–Trinajstić information content (AvgIpc) is 3.48. The molecule has 0 radical (unpaired) electrons. The van der Waals surface area contributed by atoms with Gasteiger partial charge in [-0.25, -0.2) is 14.3 Å². The number of benzene rings is 2. The monoisotopic (exact) mass is 476 g/mol. The van der Waals surface area contributed by atoms with E-state index in [9.17, 15) is 14.4 Å². The molecule has 0 aliphatic carbocycles. The Morgan fingerprint density at radius 3 is 2.76 bits per heavy atom. The number of nitrogens with zero attached hydrogens (tertiary/aromatic N) is 3. The molecule has 0 saturated heterocycles. The summed E-state index contributed by atoms with van der Waals surface area (Å²) in [6, 6.07) is 12.8. The van der Waals surface area contributed by atoms with Crippen LogP contribution in [0.15, 0.2) is 68.9 Å². The molecule has 3 heterocycles. The van der Waals surface area contributed by atoms with Crippen LogP contribution in [0.4, 0.5) is 5.69 Å². The van der Waals surface area contributed by atoms with Crippen LogP contribution in [0, 0.1) is 6.92 Å². The average molecular weight is 477 g/mol. The van der Waals surface area contributed by atoms with E-state index in [2.05, 4.69) is 10.3 Å². The standard InChI is InChI=1S/C24H20N4O5S/c1-14-7-8-16(17(11-14)32-2)26-19(29)12-27-21-15-5-3-4-6-18(15)34-22(21)23(30)28(24(27)31)13-20-25-9-10-33-20/h3-11H,12-13H2,1-2H3,(H,26,29). The maximum atomic E-state index is 13.5. The topological polar surface area (TPSA) is 108 Å². The van der Waals surface area contributed by atoms with E-state index in [4.69, 9.17) is 9.15 Å². The van der Waals surface area contributed by atoms with Crippen molar-refractivity contribution in [1.29, 1.82) is 0 Å². The highest BCUT2D eigenvalue weighted by molar-refractivity contribution is 7.25. The summed E-state index contributed by atoms with van der Waals surface area (Å²) in [4.78, 5) is 43.8. The number of nitrogens with one attached hydrogen (secondary N) is 1. The van der Waals surface area contributed by atoms with E-state index >= 15 is 0 Å². The van der Waals surface area contributed by atoms with Crippen molar-refractivity contribution in [2.45, 2.75) is 20.0 Å². The lowest BCUT2D eigenvalue weighted by Gasteiger charge is -2.14. The van der Waals surface area contributed by atoms with E-state index < -0.39 is 17.2 Å². The minimum atomic E-state index is -0.620.